The van der Waals surface area contributed by atoms with Crippen molar-refractivity contribution in [3.8, 4) is 0 Å². The lowest BCUT2D eigenvalue weighted by atomic mass is 10.0. The lowest BCUT2D eigenvalue weighted by Crippen LogP contribution is -2.39. The van der Waals surface area contributed by atoms with Crippen molar-refractivity contribution in [3.63, 3.8) is 0 Å². The second kappa shape index (κ2) is 4.88. The van der Waals surface area contributed by atoms with Crippen LogP contribution in [0.2, 0.25) is 0 Å². The Morgan fingerprint density at radius 3 is 2.41 bits per heavy atom. The molecule has 3 heteroatoms. The first-order valence-electron chi connectivity index (χ1n) is 6.16. The Morgan fingerprint density at radius 2 is 1.88 bits per heavy atom. The average molecular weight is 232 g/mol. The number of hydrogen-bond acceptors (Lipinski definition) is 2. The number of benzene rings is 1. The Balaban J connectivity index is 2.09. The molecule has 1 amide bonds. The van der Waals surface area contributed by atoms with E-state index >= 15 is 0 Å². The van der Waals surface area contributed by atoms with Crippen LogP contribution >= 0.6 is 0 Å². The molecule has 17 heavy (non-hydrogen) atoms. The predicted molar refractivity (Wildman–Crippen MR) is 69.2 cm³/mol. The summed E-state index contributed by atoms with van der Waals surface area (Å²) in [5, 5.41) is 6.38. The molecule has 0 aliphatic carbocycles. The quantitative estimate of drug-likeness (QED) is 0.814. The van der Waals surface area contributed by atoms with Crippen molar-refractivity contribution in [3.05, 3.63) is 34.9 Å². The van der Waals surface area contributed by atoms with E-state index in [2.05, 4.69) is 23.6 Å². The van der Waals surface area contributed by atoms with Crippen molar-refractivity contribution < 1.29 is 4.79 Å². The van der Waals surface area contributed by atoms with Gasteiger partial charge in [-0.15, -0.1) is 0 Å². The molecule has 2 N–H and O–H groups in total. The summed E-state index contributed by atoms with van der Waals surface area (Å²) < 4.78 is 0. The van der Waals surface area contributed by atoms with E-state index in [1.165, 1.54) is 0 Å². The van der Waals surface area contributed by atoms with E-state index in [0.29, 0.717) is 5.92 Å². The summed E-state index contributed by atoms with van der Waals surface area (Å²) >= 11 is 0. The van der Waals surface area contributed by atoms with Crippen molar-refractivity contribution in [2.45, 2.75) is 26.8 Å². The van der Waals surface area contributed by atoms with Gasteiger partial charge in [0.25, 0.3) is 5.91 Å². The van der Waals surface area contributed by atoms with Crippen molar-refractivity contribution in [1.82, 2.24) is 10.6 Å². The molecular weight excluding hydrogens is 212 g/mol. The minimum absolute atomic E-state index is 0.0392. The molecule has 3 nitrogen and oxygen atoms in total. The summed E-state index contributed by atoms with van der Waals surface area (Å²) in [6, 6.07) is 6.21. The summed E-state index contributed by atoms with van der Waals surface area (Å²) in [6.45, 7) is 8.05. The molecule has 1 aliphatic rings. The molecule has 0 spiro atoms. The molecule has 1 aliphatic heterocycles. The lowest BCUT2D eigenvalue weighted by Gasteiger charge is -2.16. The van der Waals surface area contributed by atoms with E-state index in [-0.39, 0.29) is 11.9 Å². The Morgan fingerprint density at radius 1 is 1.24 bits per heavy atom. The van der Waals surface area contributed by atoms with Crippen LogP contribution in [0.4, 0.5) is 0 Å². The summed E-state index contributed by atoms with van der Waals surface area (Å²) in [5.74, 6) is 0.544. The Labute approximate surface area is 103 Å². The fourth-order valence-corrected chi connectivity index (χ4v) is 2.36. The van der Waals surface area contributed by atoms with Gasteiger partial charge in [0.05, 0.1) is 0 Å². The van der Waals surface area contributed by atoms with Gasteiger partial charge in [-0.3, -0.25) is 4.79 Å². The van der Waals surface area contributed by atoms with E-state index in [0.717, 1.165) is 29.8 Å². The predicted octanol–water partition coefficient (Wildman–Crippen LogP) is 1.64. The zero-order valence-electron chi connectivity index (χ0n) is 10.7. The zero-order chi connectivity index (χ0) is 12.4. The lowest BCUT2D eigenvalue weighted by molar-refractivity contribution is 0.0932. The highest BCUT2D eigenvalue weighted by atomic mass is 16.1. The maximum Gasteiger partial charge on any atom is 0.251 e. The van der Waals surface area contributed by atoms with Gasteiger partial charge in [-0.05, 0) is 38.4 Å². The SMILES string of the molecule is Cc1cc(C)cc(C(=O)NC2CNCC2C)c1. The van der Waals surface area contributed by atoms with Crippen LogP contribution in [0.3, 0.4) is 0 Å². The third kappa shape index (κ3) is 2.86. The Hall–Kier alpha value is -1.35. The zero-order valence-corrected chi connectivity index (χ0v) is 10.7. The van der Waals surface area contributed by atoms with Crippen LogP contribution in [0.5, 0.6) is 0 Å². The van der Waals surface area contributed by atoms with Gasteiger partial charge in [-0.1, -0.05) is 24.1 Å². The number of carbonyl (C=O) groups is 1. The molecule has 2 atom stereocenters. The highest BCUT2D eigenvalue weighted by molar-refractivity contribution is 5.94. The van der Waals surface area contributed by atoms with Gasteiger partial charge in [-0.25, -0.2) is 0 Å². The largest absolute Gasteiger partial charge is 0.348 e. The van der Waals surface area contributed by atoms with Gasteiger partial charge < -0.3 is 10.6 Å². The van der Waals surface area contributed by atoms with Crippen LogP contribution < -0.4 is 10.6 Å². The van der Waals surface area contributed by atoms with E-state index in [1.807, 2.05) is 26.0 Å². The van der Waals surface area contributed by atoms with E-state index in [9.17, 15) is 4.79 Å². The van der Waals surface area contributed by atoms with Crippen LogP contribution in [0.1, 0.15) is 28.4 Å². The molecule has 0 aromatic heterocycles. The molecule has 2 rings (SSSR count). The van der Waals surface area contributed by atoms with Crippen LogP contribution in [0.15, 0.2) is 18.2 Å². The third-order valence-corrected chi connectivity index (χ3v) is 3.32. The van der Waals surface area contributed by atoms with Gasteiger partial charge in [0.1, 0.15) is 0 Å². The number of rotatable bonds is 2. The van der Waals surface area contributed by atoms with Crippen molar-refractivity contribution >= 4 is 5.91 Å². The van der Waals surface area contributed by atoms with Gasteiger partial charge in [0, 0.05) is 18.2 Å². The second-order valence-corrected chi connectivity index (χ2v) is 5.09. The van der Waals surface area contributed by atoms with Crippen molar-refractivity contribution in [2.75, 3.05) is 13.1 Å². The van der Waals surface area contributed by atoms with Gasteiger partial charge in [-0.2, -0.15) is 0 Å². The average Bonchev–Trinajstić information content (AvgIpc) is 2.63. The first kappa shape index (κ1) is 12.1. The highest BCUT2D eigenvalue weighted by Gasteiger charge is 2.24. The fraction of sp³-hybridized carbons (Fsp3) is 0.500. The molecule has 0 radical (unpaired) electrons. The molecule has 2 unspecified atom stereocenters. The first-order valence-corrected chi connectivity index (χ1v) is 6.16. The molecule has 1 aromatic carbocycles. The molecule has 92 valence electrons. The number of aryl methyl sites for hydroxylation is 2. The minimum atomic E-state index is 0.0392. The van der Waals surface area contributed by atoms with Gasteiger partial charge in [0.15, 0.2) is 0 Å². The molecule has 1 fully saturated rings. The molecule has 1 saturated heterocycles. The molecule has 0 bridgehead atoms. The second-order valence-electron chi connectivity index (χ2n) is 5.09. The fourth-order valence-electron chi connectivity index (χ4n) is 2.36. The van der Waals surface area contributed by atoms with Crippen LogP contribution in [-0.4, -0.2) is 25.0 Å². The smallest absolute Gasteiger partial charge is 0.251 e. The molecular formula is C14H20N2O. The number of nitrogens with one attached hydrogen (secondary N) is 2. The molecule has 0 saturated carbocycles. The maximum atomic E-state index is 12.1. The van der Waals surface area contributed by atoms with Crippen molar-refractivity contribution in [2.24, 2.45) is 5.92 Å². The summed E-state index contributed by atoms with van der Waals surface area (Å²) in [4.78, 5) is 12.1. The van der Waals surface area contributed by atoms with Crippen LogP contribution in [-0.2, 0) is 0 Å². The molecule has 1 aromatic rings. The minimum Gasteiger partial charge on any atom is -0.348 e. The monoisotopic (exact) mass is 232 g/mol. The van der Waals surface area contributed by atoms with Gasteiger partial charge >= 0.3 is 0 Å². The van der Waals surface area contributed by atoms with Crippen molar-refractivity contribution in [1.29, 1.82) is 0 Å². The highest BCUT2D eigenvalue weighted by Crippen LogP contribution is 2.11. The Kier molecular flexibility index (Phi) is 3.48. The number of carbonyl (C=O) groups excluding carboxylic acids is 1. The summed E-state index contributed by atoms with van der Waals surface area (Å²) in [6.07, 6.45) is 0. The number of amides is 1. The van der Waals surface area contributed by atoms with Crippen LogP contribution in [0, 0.1) is 19.8 Å². The summed E-state index contributed by atoms with van der Waals surface area (Å²) in [7, 11) is 0. The van der Waals surface area contributed by atoms with Crippen LogP contribution in [0.25, 0.3) is 0 Å². The third-order valence-electron chi connectivity index (χ3n) is 3.32. The topological polar surface area (TPSA) is 41.1 Å². The van der Waals surface area contributed by atoms with E-state index in [4.69, 9.17) is 0 Å². The Bertz CT molecular complexity index is 408. The summed E-state index contributed by atoms with van der Waals surface area (Å²) in [5.41, 5.74) is 3.03. The number of hydrogen-bond donors (Lipinski definition) is 2. The van der Waals surface area contributed by atoms with E-state index < -0.39 is 0 Å². The maximum absolute atomic E-state index is 12.1. The van der Waals surface area contributed by atoms with E-state index in [1.54, 1.807) is 0 Å². The standard InChI is InChI=1S/C14H20N2O/c1-9-4-10(2)6-12(5-9)14(17)16-13-8-15-7-11(13)3/h4-6,11,13,15H,7-8H2,1-3H3,(H,16,17). The molecule has 1 heterocycles. The normalized spacial score (nSPS) is 23.7. The first-order chi connectivity index (χ1) is 8.06. The van der Waals surface area contributed by atoms with Gasteiger partial charge in [0.2, 0.25) is 0 Å².